The molecule has 0 spiro atoms. The third kappa shape index (κ3) is 3.66. The summed E-state index contributed by atoms with van der Waals surface area (Å²) in [5.41, 5.74) is 7.64. The van der Waals surface area contributed by atoms with Gasteiger partial charge in [0, 0.05) is 36.3 Å². The van der Waals surface area contributed by atoms with E-state index < -0.39 is 0 Å². The molecule has 0 amide bonds. The molecule has 9 heteroatoms. The van der Waals surface area contributed by atoms with E-state index in [1.54, 1.807) is 6.92 Å². The molecule has 0 saturated heterocycles. The molecule has 0 aliphatic heterocycles. The molecule has 6 aromatic rings. The Hall–Kier alpha value is -4.37. The zero-order valence-electron chi connectivity index (χ0n) is 19.3. The molecule has 0 unspecified atom stereocenters. The second-order valence-corrected chi connectivity index (χ2v) is 9.58. The Morgan fingerprint density at radius 3 is 2.66 bits per heavy atom. The van der Waals surface area contributed by atoms with E-state index in [-0.39, 0.29) is 5.78 Å². The largest absolute Gasteiger partial charge is 0.376 e. The third-order valence-corrected chi connectivity index (χ3v) is 7.12. The highest BCUT2D eigenvalue weighted by molar-refractivity contribution is 7.17. The van der Waals surface area contributed by atoms with E-state index in [2.05, 4.69) is 26.2 Å². The molecule has 2 N–H and O–H groups in total. The van der Waals surface area contributed by atoms with Crippen molar-refractivity contribution in [2.75, 3.05) is 19.0 Å². The fourth-order valence-corrected chi connectivity index (χ4v) is 4.98. The first-order valence-corrected chi connectivity index (χ1v) is 11.9. The van der Waals surface area contributed by atoms with Crippen LogP contribution in [0.2, 0.25) is 0 Å². The number of aromatic nitrogens is 6. The van der Waals surface area contributed by atoms with Gasteiger partial charge in [-0.05, 0) is 43.3 Å². The number of nitrogens with one attached hydrogen (secondary N) is 2. The van der Waals surface area contributed by atoms with Crippen LogP contribution in [0.25, 0.3) is 55.3 Å². The molecule has 172 valence electrons. The SMILES string of the molecule is CC(=O)c1ccc(-c2cccc3[nH]c(-c4n[nH]c5ccc(-c6cncc(N(C)C)c6)nc45)nc23)s1. The summed E-state index contributed by atoms with van der Waals surface area (Å²) in [6, 6.07) is 15.8. The van der Waals surface area contributed by atoms with E-state index in [4.69, 9.17) is 9.97 Å². The Morgan fingerprint density at radius 2 is 1.86 bits per heavy atom. The average Bonchev–Trinajstić information content (AvgIpc) is 3.61. The predicted molar refractivity (Wildman–Crippen MR) is 140 cm³/mol. The lowest BCUT2D eigenvalue weighted by Crippen LogP contribution is -2.08. The van der Waals surface area contributed by atoms with E-state index in [0.29, 0.717) is 11.5 Å². The zero-order chi connectivity index (χ0) is 24.1. The smallest absolute Gasteiger partial charge is 0.169 e. The molecular formula is C26H21N7OS. The molecule has 0 saturated carbocycles. The Labute approximate surface area is 204 Å². The number of nitrogens with zero attached hydrogens (tertiary/aromatic N) is 5. The predicted octanol–water partition coefficient (Wildman–Crippen LogP) is 5.56. The normalized spacial score (nSPS) is 11.4. The van der Waals surface area contributed by atoms with Gasteiger partial charge in [-0.25, -0.2) is 9.97 Å². The molecule has 0 atom stereocenters. The fraction of sp³-hybridized carbons (Fsp3) is 0.115. The fourth-order valence-electron chi connectivity index (χ4n) is 4.05. The van der Waals surface area contributed by atoms with Crippen molar-refractivity contribution in [3.8, 4) is 33.2 Å². The van der Waals surface area contributed by atoms with Crippen LogP contribution in [-0.4, -0.2) is 50.0 Å². The van der Waals surface area contributed by atoms with Crippen molar-refractivity contribution in [1.82, 2.24) is 30.1 Å². The number of hydrogen-bond acceptors (Lipinski definition) is 7. The molecular weight excluding hydrogens is 458 g/mol. The van der Waals surface area contributed by atoms with Gasteiger partial charge in [-0.2, -0.15) is 5.10 Å². The lowest BCUT2D eigenvalue weighted by atomic mass is 10.1. The minimum Gasteiger partial charge on any atom is -0.376 e. The first kappa shape index (κ1) is 21.2. The van der Waals surface area contributed by atoms with E-state index in [0.717, 1.165) is 54.3 Å². The van der Waals surface area contributed by atoms with Crippen LogP contribution < -0.4 is 4.90 Å². The van der Waals surface area contributed by atoms with E-state index >= 15 is 0 Å². The van der Waals surface area contributed by atoms with Gasteiger partial charge >= 0.3 is 0 Å². The maximum atomic E-state index is 11.8. The lowest BCUT2D eigenvalue weighted by molar-refractivity contribution is 0.102. The molecule has 1 aromatic carbocycles. The number of H-pyrrole nitrogens is 2. The van der Waals surface area contributed by atoms with Gasteiger partial charge in [-0.3, -0.25) is 14.9 Å². The molecule has 0 fully saturated rings. The van der Waals surface area contributed by atoms with Gasteiger partial charge in [0.1, 0.15) is 5.52 Å². The summed E-state index contributed by atoms with van der Waals surface area (Å²) in [4.78, 5) is 33.1. The van der Waals surface area contributed by atoms with Crippen molar-refractivity contribution in [3.63, 3.8) is 0 Å². The van der Waals surface area contributed by atoms with Crippen molar-refractivity contribution < 1.29 is 4.79 Å². The number of anilines is 1. The van der Waals surface area contributed by atoms with Crippen LogP contribution in [0.15, 0.2) is 60.9 Å². The number of aromatic amines is 2. The average molecular weight is 480 g/mol. The molecule has 5 aromatic heterocycles. The van der Waals surface area contributed by atoms with E-state index in [1.165, 1.54) is 11.3 Å². The van der Waals surface area contributed by atoms with Gasteiger partial charge in [0.2, 0.25) is 0 Å². The number of pyridine rings is 2. The lowest BCUT2D eigenvalue weighted by Gasteiger charge is -2.12. The van der Waals surface area contributed by atoms with E-state index in [9.17, 15) is 4.79 Å². The van der Waals surface area contributed by atoms with Crippen molar-refractivity contribution in [1.29, 1.82) is 0 Å². The topological polar surface area (TPSA) is 103 Å². The van der Waals surface area contributed by atoms with Crippen molar-refractivity contribution in [2.45, 2.75) is 6.92 Å². The molecule has 0 aliphatic rings. The van der Waals surface area contributed by atoms with Crippen LogP contribution in [0, 0.1) is 0 Å². The second-order valence-electron chi connectivity index (χ2n) is 8.50. The van der Waals surface area contributed by atoms with Gasteiger partial charge in [-0.15, -0.1) is 11.3 Å². The number of para-hydroxylation sites is 1. The Balaban J connectivity index is 1.46. The first-order valence-electron chi connectivity index (χ1n) is 11.1. The number of carbonyl (C=O) groups is 1. The summed E-state index contributed by atoms with van der Waals surface area (Å²) < 4.78 is 0. The number of hydrogen-bond donors (Lipinski definition) is 2. The van der Waals surface area contributed by atoms with Gasteiger partial charge in [-0.1, -0.05) is 12.1 Å². The minimum absolute atomic E-state index is 0.0623. The highest BCUT2D eigenvalue weighted by atomic mass is 32.1. The number of ketones is 1. The number of Topliss-reactive ketones (excluding diaryl/α,β-unsaturated/α-hetero) is 1. The van der Waals surface area contributed by atoms with Crippen molar-refractivity contribution in [2.24, 2.45) is 0 Å². The molecule has 0 bridgehead atoms. The molecule has 5 heterocycles. The number of fused-ring (bicyclic) bond motifs is 2. The second kappa shape index (κ2) is 8.14. The Morgan fingerprint density at radius 1 is 0.971 bits per heavy atom. The Bertz CT molecular complexity index is 1730. The maximum absolute atomic E-state index is 11.8. The third-order valence-electron chi connectivity index (χ3n) is 5.90. The van der Waals surface area contributed by atoms with Crippen LogP contribution in [0.5, 0.6) is 0 Å². The van der Waals surface area contributed by atoms with Crippen LogP contribution >= 0.6 is 11.3 Å². The van der Waals surface area contributed by atoms with Crippen LogP contribution in [0.3, 0.4) is 0 Å². The van der Waals surface area contributed by atoms with Crippen LogP contribution in [0.1, 0.15) is 16.6 Å². The Kier molecular flexibility index (Phi) is 4.93. The summed E-state index contributed by atoms with van der Waals surface area (Å²) in [6.45, 7) is 1.58. The van der Waals surface area contributed by atoms with Crippen LogP contribution in [0.4, 0.5) is 5.69 Å². The molecule has 6 rings (SSSR count). The summed E-state index contributed by atoms with van der Waals surface area (Å²) >= 11 is 1.47. The summed E-state index contributed by atoms with van der Waals surface area (Å²) in [6.07, 6.45) is 3.63. The summed E-state index contributed by atoms with van der Waals surface area (Å²) in [7, 11) is 3.97. The highest BCUT2D eigenvalue weighted by Gasteiger charge is 2.18. The quantitative estimate of drug-likeness (QED) is 0.314. The molecule has 0 radical (unpaired) electrons. The number of carbonyl (C=O) groups excluding carboxylic acids is 1. The highest BCUT2D eigenvalue weighted by Crippen LogP contribution is 2.35. The first-order chi connectivity index (χ1) is 17.0. The van der Waals surface area contributed by atoms with Gasteiger partial charge < -0.3 is 9.88 Å². The molecule has 0 aliphatic carbocycles. The number of imidazole rings is 1. The van der Waals surface area contributed by atoms with Gasteiger partial charge in [0.25, 0.3) is 0 Å². The molecule has 8 nitrogen and oxygen atoms in total. The summed E-state index contributed by atoms with van der Waals surface area (Å²) in [5.74, 6) is 0.694. The summed E-state index contributed by atoms with van der Waals surface area (Å²) in [5, 5.41) is 7.59. The van der Waals surface area contributed by atoms with Gasteiger partial charge in [0.05, 0.1) is 39.0 Å². The monoisotopic (exact) mass is 479 g/mol. The zero-order valence-corrected chi connectivity index (χ0v) is 20.1. The number of benzene rings is 1. The van der Waals surface area contributed by atoms with Crippen LogP contribution in [-0.2, 0) is 0 Å². The standard InChI is InChI=1S/C26H21N7OS/c1-14(34)21-9-10-22(35-21)17-5-4-6-19-23(17)30-26(29-19)25-24-20(31-32-25)8-7-18(28-24)15-11-16(33(2)3)13-27-12-15/h4-13H,1-3H3,(H,29,30)(H,31,32). The maximum Gasteiger partial charge on any atom is 0.169 e. The number of thiophene rings is 1. The number of rotatable bonds is 5. The van der Waals surface area contributed by atoms with E-state index in [1.807, 2.05) is 73.9 Å². The molecule has 35 heavy (non-hydrogen) atoms. The van der Waals surface area contributed by atoms with Crippen molar-refractivity contribution >= 4 is 44.9 Å². The van der Waals surface area contributed by atoms with Crippen molar-refractivity contribution in [3.05, 3.63) is 65.8 Å². The minimum atomic E-state index is 0.0623. The van der Waals surface area contributed by atoms with Gasteiger partial charge in [0.15, 0.2) is 17.3 Å².